The Hall–Kier alpha value is -1.84. The number of rotatable bonds is 6. The summed E-state index contributed by atoms with van der Waals surface area (Å²) in [5, 5.41) is 3.47. The molecule has 126 valence electrons. The molecule has 3 heteroatoms. The summed E-state index contributed by atoms with van der Waals surface area (Å²) in [7, 11) is 0. The van der Waals surface area contributed by atoms with E-state index in [0.717, 1.165) is 43.6 Å². The molecule has 0 aromatic heterocycles. The van der Waals surface area contributed by atoms with Gasteiger partial charge in [0.15, 0.2) is 0 Å². The highest BCUT2D eigenvalue weighted by Crippen LogP contribution is 2.40. The molecular weight excluding hydrogens is 296 g/mol. The minimum atomic E-state index is 0.527. The summed E-state index contributed by atoms with van der Waals surface area (Å²) in [5.41, 5.74) is 1.40. The van der Waals surface area contributed by atoms with E-state index in [1.165, 1.54) is 24.8 Å². The van der Waals surface area contributed by atoms with Crippen molar-refractivity contribution in [2.75, 3.05) is 26.2 Å². The minimum Gasteiger partial charge on any atom is -0.457 e. The standard InChI is InChI=1S/C21H26N2O/c1-2-6-19(7-3-1)24-20-8-4-5-18(16-20)21(15-17-9-10-17)23-13-11-22-12-14-23/h1-8,16-17,21-22H,9-15H2/t21-/m0/s1. The summed E-state index contributed by atoms with van der Waals surface area (Å²) in [6.45, 7) is 4.48. The normalized spacial score (nSPS) is 19.8. The van der Waals surface area contributed by atoms with Gasteiger partial charge in [-0.25, -0.2) is 0 Å². The zero-order valence-electron chi connectivity index (χ0n) is 14.2. The van der Waals surface area contributed by atoms with Gasteiger partial charge in [0.1, 0.15) is 11.5 Å². The molecule has 2 fully saturated rings. The Morgan fingerprint density at radius 1 is 0.958 bits per heavy atom. The fraction of sp³-hybridized carbons (Fsp3) is 0.429. The first kappa shape index (κ1) is 15.7. The Bertz CT molecular complexity index is 648. The lowest BCUT2D eigenvalue weighted by Gasteiger charge is -2.35. The summed E-state index contributed by atoms with van der Waals surface area (Å²) in [5.74, 6) is 2.76. The Kier molecular flexibility index (Phi) is 4.81. The lowest BCUT2D eigenvalue weighted by molar-refractivity contribution is 0.160. The fourth-order valence-electron chi connectivity index (χ4n) is 3.57. The molecule has 0 spiro atoms. The third-order valence-electron chi connectivity index (χ3n) is 5.07. The highest BCUT2D eigenvalue weighted by atomic mass is 16.5. The second-order valence-electron chi connectivity index (χ2n) is 6.97. The Balaban J connectivity index is 1.54. The number of hydrogen-bond acceptors (Lipinski definition) is 3. The van der Waals surface area contributed by atoms with Crippen LogP contribution in [0.3, 0.4) is 0 Å². The first-order valence-electron chi connectivity index (χ1n) is 9.16. The van der Waals surface area contributed by atoms with Crippen molar-refractivity contribution in [1.29, 1.82) is 0 Å². The van der Waals surface area contributed by atoms with Crippen LogP contribution in [0.1, 0.15) is 30.9 Å². The van der Waals surface area contributed by atoms with E-state index in [2.05, 4.69) is 34.5 Å². The maximum atomic E-state index is 6.05. The first-order chi connectivity index (χ1) is 11.9. The molecule has 4 rings (SSSR count). The van der Waals surface area contributed by atoms with Gasteiger partial charge in [-0.2, -0.15) is 0 Å². The van der Waals surface area contributed by atoms with Gasteiger partial charge in [0.05, 0.1) is 0 Å². The van der Waals surface area contributed by atoms with E-state index in [1.807, 2.05) is 30.3 Å². The Morgan fingerprint density at radius 3 is 2.46 bits per heavy atom. The van der Waals surface area contributed by atoms with Crippen molar-refractivity contribution in [2.45, 2.75) is 25.3 Å². The molecule has 1 N–H and O–H groups in total. The second kappa shape index (κ2) is 7.37. The minimum absolute atomic E-state index is 0.527. The average molecular weight is 322 g/mol. The first-order valence-corrected chi connectivity index (χ1v) is 9.16. The molecule has 1 aliphatic heterocycles. The van der Waals surface area contributed by atoms with Crippen LogP contribution in [0.15, 0.2) is 54.6 Å². The molecule has 1 saturated carbocycles. The molecule has 0 bridgehead atoms. The van der Waals surface area contributed by atoms with Gasteiger partial charge in [0.25, 0.3) is 0 Å². The van der Waals surface area contributed by atoms with Crippen LogP contribution in [0.2, 0.25) is 0 Å². The molecular formula is C21H26N2O. The highest BCUT2D eigenvalue weighted by Gasteiger charge is 2.30. The van der Waals surface area contributed by atoms with Crippen molar-refractivity contribution < 1.29 is 4.74 Å². The van der Waals surface area contributed by atoms with Crippen LogP contribution in [-0.4, -0.2) is 31.1 Å². The van der Waals surface area contributed by atoms with Gasteiger partial charge < -0.3 is 10.1 Å². The number of hydrogen-bond donors (Lipinski definition) is 1. The number of ether oxygens (including phenoxy) is 1. The number of piperazine rings is 1. The van der Waals surface area contributed by atoms with E-state index in [1.54, 1.807) is 0 Å². The van der Waals surface area contributed by atoms with E-state index >= 15 is 0 Å². The van der Waals surface area contributed by atoms with Gasteiger partial charge in [0.2, 0.25) is 0 Å². The van der Waals surface area contributed by atoms with E-state index in [0.29, 0.717) is 6.04 Å². The summed E-state index contributed by atoms with van der Waals surface area (Å²) in [4.78, 5) is 2.65. The SMILES string of the molecule is c1ccc(Oc2cccc([C@H](CC3CC3)N3CCNCC3)c2)cc1. The zero-order valence-corrected chi connectivity index (χ0v) is 14.2. The molecule has 1 saturated heterocycles. The number of nitrogens with zero attached hydrogens (tertiary/aromatic N) is 1. The third-order valence-corrected chi connectivity index (χ3v) is 5.07. The second-order valence-corrected chi connectivity index (χ2v) is 6.97. The maximum absolute atomic E-state index is 6.05. The molecule has 24 heavy (non-hydrogen) atoms. The maximum Gasteiger partial charge on any atom is 0.127 e. The van der Waals surface area contributed by atoms with Gasteiger partial charge in [-0.1, -0.05) is 43.2 Å². The summed E-state index contributed by atoms with van der Waals surface area (Å²) in [6.07, 6.45) is 4.10. The van der Waals surface area contributed by atoms with Gasteiger partial charge in [-0.3, -0.25) is 4.90 Å². The van der Waals surface area contributed by atoms with Gasteiger partial charge in [0, 0.05) is 32.2 Å². The van der Waals surface area contributed by atoms with Crippen molar-refractivity contribution >= 4 is 0 Å². The van der Waals surface area contributed by atoms with Crippen LogP contribution in [0.4, 0.5) is 0 Å². The monoisotopic (exact) mass is 322 g/mol. The number of benzene rings is 2. The molecule has 2 aromatic carbocycles. The topological polar surface area (TPSA) is 24.5 Å². The Morgan fingerprint density at radius 2 is 1.71 bits per heavy atom. The van der Waals surface area contributed by atoms with Crippen molar-refractivity contribution in [1.82, 2.24) is 10.2 Å². The highest BCUT2D eigenvalue weighted by molar-refractivity contribution is 5.35. The van der Waals surface area contributed by atoms with Crippen LogP contribution in [0.25, 0.3) is 0 Å². The van der Waals surface area contributed by atoms with E-state index in [-0.39, 0.29) is 0 Å². The van der Waals surface area contributed by atoms with Crippen LogP contribution < -0.4 is 10.1 Å². The number of nitrogens with one attached hydrogen (secondary N) is 1. The molecule has 2 aliphatic rings. The van der Waals surface area contributed by atoms with Crippen LogP contribution in [0, 0.1) is 5.92 Å². The zero-order chi connectivity index (χ0) is 16.2. The van der Waals surface area contributed by atoms with Crippen molar-refractivity contribution in [3.05, 3.63) is 60.2 Å². The molecule has 1 heterocycles. The predicted octanol–water partition coefficient (Wildman–Crippen LogP) is 4.23. The van der Waals surface area contributed by atoms with Gasteiger partial charge in [-0.15, -0.1) is 0 Å². The molecule has 0 radical (unpaired) electrons. The fourth-order valence-corrected chi connectivity index (χ4v) is 3.57. The van der Waals surface area contributed by atoms with Crippen molar-refractivity contribution in [2.24, 2.45) is 5.92 Å². The molecule has 1 atom stereocenters. The average Bonchev–Trinajstić information content (AvgIpc) is 3.46. The lowest BCUT2D eigenvalue weighted by atomic mass is 9.98. The predicted molar refractivity (Wildman–Crippen MR) is 97.5 cm³/mol. The van der Waals surface area contributed by atoms with Crippen LogP contribution in [0.5, 0.6) is 11.5 Å². The Labute approximate surface area is 144 Å². The summed E-state index contributed by atoms with van der Waals surface area (Å²) < 4.78 is 6.05. The van der Waals surface area contributed by atoms with E-state index < -0.39 is 0 Å². The van der Waals surface area contributed by atoms with Gasteiger partial charge in [-0.05, 0) is 42.2 Å². The quantitative estimate of drug-likeness (QED) is 0.861. The molecule has 2 aromatic rings. The third kappa shape index (κ3) is 3.97. The molecule has 3 nitrogen and oxygen atoms in total. The summed E-state index contributed by atoms with van der Waals surface area (Å²) >= 11 is 0. The van der Waals surface area contributed by atoms with E-state index in [9.17, 15) is 0 Å². The number of para-hydroxylation sites is 1. The lowest BCUT2D eigenvalue weighted by Crippen LogP contribution is -2.45. The smallest absolute Gasteiger partial charge is 0.127 e. The molecule has 1 aliphatic carbocycles. The molecule has 0 amide bonds. The molecule has 0 unspecified atom stereocenters. The van der Waals surface area contributed by atoms with Crippen LogP contribution >= 0.6 is 0 Å². The largest absolute Gasteiger partial charge is 0.457 e. The van der Waals surface area contributed by atoms with Crippen LogP contribution in [-0.2, 0) is 0 Å². The van der Waals surface area contributed by atoms with Crippen molar-refractivity contribution in [3.63, 3.8) is 0 Å². The van der Waals surface area contributed by atoms with E-state index in [4.69, 9.17) is 4.74 Å². The van der Waals surface area contributed by atoms with Gasteiger partial charge >= 0.3 is 0 Å². The van der Waals surface area contributed by atoms with Crippen molar-refractivity contribution in [3.8, 4) is 11.5 Å². The summed E-state index contributed by atoms with van der Waals surface area (Å²) in [6, 6.07) is 19.3.